The molecule has 2 unspecified atom stereocenters. The van der Waals surface area contributed by atoms with Crippen molar-refractivity contribution in [3.05, 3.63) is 18.3 Å². The highest BCUT2D eigenvalue weighted by molar-refractivity contribution is 7.90. The van der Waals surface area contributed by atoms with Crippen LogP contribution in [0, 0.1) is 5.92 Å². The molecule has 21 heavy (non-hydrogen) atoms. The van der Waals surface area contributed by atoms with E-state index < -0.39 is 9.84 Å². The van der Waals surface area contributed by atoms with Gasteiger partial charge in [0.15, 0.2) is 9.84 Å². The Kier molecular flexibility index (Phi) is 5.22. The van der Waals surface area contributed by atoms with Crippen molar-refractivity contribution in [3.8, 4) is 0 Å². The van der Waals surface area contributed by atoms with Gasteiger partial charge in [0.1, 0.15) is 10.7 Å². The van der Waals surface area contributed by atoms with Gasteiger partial charge in [0.25, 0.3) is 0 Å². The molecule has 1 saturated heterocycles. The number of piperidine rings is 1. The lowest BCUT2D eigenvalue weighted by atomic mass is 9.99. The maximum atomic E-state index is 11.8. The lowest BCUT2D eigenvalue weighted by Gasteiger charge is -2.35. The molecule has 2 rings (SSSR count). The summed E-state index contributed by atoms with van der Waals surface area (Å²) in [7, 11) is -3.25. The molecule has 0 spiro atoms. The van der Waals surface area contributed by atoms with Crippen molar-refractivity contribution in [1.82, 2.24) is 9.88 Å². The molecule has 118 valence electrons. The summed E-state index contributed by atoms with van der Waals surface area (Å²) < 4.78 is 23.5. The molecular formula is C15H25N3O2S. The quantitative estimate of drug-likeness (QED) is 0.901. The van der Waals surface area contributed by atoms with E-state index in [1.54, 1.807) is 18.3 Å². The summed E-state index contributed by atoms with van der Waals surface area (Å²) in [6.07, 6.45) is 5.37. The first kappa shape index (κ1) is 16.2. The smallest absolute Gasteiger partial charge is 0.179 e. The molecule has 0 saturated carbocycles. The normalized spacial score (nSPS) is 22.0. The standard InChI is InChI=1S/C15H25N3O2S/c1-12-6-5-9-18(11-12)13(2)10-17-15-14(21(3,19)20)7-4-8-16-15/h4,7-8,12-13H,5-6,9-11H2,1-3H3,(H,16,17). The number of rotatable bonds is 5. The van der Waals surface area contributed by atoms with Crippen molar-refractivity contribution in [2.45, 2.75) is 37.6 Å². The first-order valence-electron chi connectivity index (χ1n) is 7.51. The van der Waals surface area contributed by atoms with E-state index in [0.29, 0.717) is 18.4 Å². The third-order valence-corrected chi connectivity index (χ3v) is 5.18. The number of likely N-dealkylation sites (tertiary alicyclic amines) is 1. The van der Waals surface area contributed by atoms with Crippen LogP contribution in [0.5, 0.6) is 0 Å². The van der Waals surface area contributed by atoms with Gasteiger partial charge in [-0.3, -0.25) is 4.90 Å². The lowest BCUT2D eigenvalue weighted by molar-refractivity contribution is 0.144. The number of sulfone groups is 1. The number of aromatic nitrogens is 1. The monoisotopic (exact) mass is 311 g/mol. The molecule has 5 nitrogen and oxygen atoms in total. The van der Waals surface area contributed by atoms with E-state index >= 15 is 0 Å². The van der Waals surface area contributed by atoms with Gasteiger partial charge >= 0.3 is 0 Å². The average molecular weight is 311 g/mol. The fourth-order valence-corrected chi connectivity index (χ4v) is 3.62. The molecule has 1 fully saturated rings. The van der Waals surface area contributed by atoms with Crippen molar-refractivity contribution in [1.29, 1.82) is 0 Å². The lowest BCUT2D eigenvalue weighted by Crippen LogP contribution is -2.43. The molecule has 2 heterocycles. The molecule has 0 aromatic carbocycles. The van der Waals surface area contributed by atoms with Crippen molar-refractivity contribution in [2.24, 2.45) is 5.92 Å². The van der Waals surface area contributed by atoms with Crippen LogP contribution in [-0.4, -0.2) is 50.2 Å². The minimum absolute atomic E-state index is 0.268. The molecule has 2 atom stereocenters. The van der Waals surface area contributed by atoms with E-state index in [2.05, 4.69) is 29.0 Å². The molecular weight excluding hydrogens is 286 g/mol. The van der Waals surface area contributed by atoms with Crippen LogP contribution in [0.1, 0.15) is 26.7 Å². The van der Waals surface area contributed by atoms with E-state index in [4.69, 9.17) is 0 Å². The molecule has 0 radical (unpaired) electrons. The zero-order valence-electron chi connectivity index (χ0n) is 13.0. The highest BCUT2D eigenvalue weighted by Crippen LogP contribution is 2.20. The molecule has 1 N–H and O–H groups in total. The molecule has 0 bridgehead atoms. The summed E-state index contributed by atoms with van der Waals surface area (Å²) in [6, 6.07) is 3.61. The van der Waals surface area contributed by atoms with E-state index in [0.717, 1.165) is 19.0 Å². The predicted molar refractivity (Wildman–Crippen MR) is 85.3 cm³/mol. The summed E-state index contributed by atoms with van der Waals surface area (Å²) in [5.74, 6) is 1.19. The Bertz CT molecular complexity index is 574. The van der Waals surface area contributed by atoms with Crippen molar-refractivity contribution >= 4 is 15.7 Å². The molecule has 6 heteroatoms. The van der Waals surface area contributed by atoms with Gasteiger partial charge in [-0.1, -0.05) is 6.92 Å². The zero-order chi connectivity index (χ0) is 15.5. The topological polar surface area (TPSA) is 62.3 Å². The number of anilines is 1. The largest absolute Gasteiger partial charge is 0.367 e. The maximum absolute atomic E-state index is 11.8. The SMILES string of the molecule is CC1CCCN(C(C)CNc2ncccc2S(C)(=O)=O)C1. The Morgan fingerprint density at radius 3 is 2.95 bits per heavy atom. The molecule has 1 aliphatic rings. The number of nitrogens with zero attached hydrogens (tertiary/aromatic N) is 2. The summed E-state index contributed by atoms with van der Waals surface area (Å²) in [4.78, 5) is 6.90. The first-order chi connectivity index (χ1) is 9.88. The first-order valence-corrected chi connectivity index (χ1v) is 9.40. The van der Waals surface area contributed by atoms with Crippen LogP contribution in [0.3, 0.4) is 0 Å². The van der Waals surface area contributed by atoms with Crippen LogP contribution >= 0.6 is 0 Å². The summed E-state index contributed by atoms with van der Waals surface area (Å²) >= 11 is 0. The fourth-order valence-electron chi connectivity index (χ4n) is 2.82. The second-order valence-electron chi connectivity index (χ2n) is 6.09. The Balaban J connectivity index is 2.00. The molecule has 0 amide bonds. The van der Waals surface area contributed by atoms with Crippen molar-refractivity contribution in [3.63, 3.8) is 0 Å². The van der Waals surface area contributed by atoms with Gasteiger partial charge in [-0.05, 0) is 44.4 Å². The van der Waals surface area contributed by atoms with Crippen LogP contribution in [0.2, 0.25) is 0 Å². The Labute approximate surface area is 127 Å². The Morgan fingerprint density at radius 2 is 2.29 bits per heavy atom. The van der Waals surface area contributed by atoms with Crippen molar-refractivity contribution in [2.75, 3.05) is 31.2 Å². The molecule has 1 aromatic rings. The third-order valence-electron chi connectivity index (χ3n) is 4.05. The highest BCUT2D eigenvalue weighted by Gasteiger charge is 2.21. The van der Waals surface area contributed by atoms with Crippen LogP contribution in [-0.2, 0) is 9.84 Å². The molecule has 1 aliphatic heterocycles. The van der Waals surface area contributed by atoms with Crippen LogP contribution in [0.15, 0.2) is 23.2 Å². The molecule has 1 aromatic heterocycles. The van der Waals surface area contributed by atoms with Gasteiger partial charge in [0.05, 0.1) is 0 Å². The van der Waals surface area contributed by atoms with E-state index in [-0.39, 0.29) is 4.90 Å². The molecule has 0 aliphatic carbocycles. The third kappa shape index (κ3) is 4.41. The summed E-state index contributed by atoms with van der Waals surface area (Å²) in [5, 5.41) is 3.20. The number of hydrogen-bond donors (Lipinski definition) is 1. The fraction of sp³-hybridized carbons (Fsp3) is 0.667. The number of hydrogen-bond acceptors (Lipinski definition) is 5. The summed E-state index contributed by atoms with van der Waals surface area (Å²) in [5.41, 5.74) is 0. The van der Waals surface area contributed by atoms with Crippen LogP contribution < -0.4 is 5.32 Å². The van der Waals surface area contributed by atoms with E-state index in [1.807, 2.05) is 0 Å². The zero-order valence-corrected chi connectivity index (χ0v) is 13.9. The van der Waals surface area contributed by atoms with Gasteiger partial charge < -0.3 is 5.32 Å². The highest BCUT2D eigenvalue weighted by atomic mass is 32.2. The van der Waals surface area contributed by atoms with Gasteiger partial charge in [-0.25, -0.2) is 13.4 Å². The Morgan fingerprint density at radius 1 is 1.52 bits per heavy atom. The Hall–Kier alpha value is -1.14. The summed E-state index contributed by atoms with van der Waals surface area (Å²) in [6.45, 7) is 7.39. The number of pyridine rings is 1. The average Bonchev–Trinajstić information content (AvgIpc) is 2.44. The van der Waals surface area contributed by atoms with Gasteiger partial charge in [-0.2, -0.15) is 0 Å². The van der Waals surface area contributed by atoms with Gasteiger partial charge in [-0.15, -0.1) is 0 Å². The maximum Gasteiger partial charge on any atom is 0.179 e. The van der Waals surface area contributed by atoms with Gasteiger partial charge in [0.2, 0.25) is 0 Å². The van der Waals surface area contributed by atoms with Crippen LogP contribution in [0.25, 0.3) is 0 Å². The number of nitrogens with one attached hydrogen (secondary N) is 1. The van der Waals surface area contributed by atoms with Crippen molar-refractivity contribution < 1.29 is 8.42 Å². The van der Waals surface area contributed by atoms with E-state index in [1.165, 1.54) is 19.1 Å². The van der Waals surface area contributed by atoms with Gasteiger partial charge in [0, 0.05) is 31.6 Å². The van der Waals surface area contributed by atoms with Crippen LogP contribution in [0.4, 0.5) is 5.82 Å². The minimum Gasteiger partial charge on any atom is -0.367 e. The van der Waals surface area contributed by atoms with E-state index in [9.17, 15) is 8.42 Å². The minimum atomic E-state index is -3.25. The predicted octanol–water partition coefficient (Wildman–Crippen LogP) is 2.02. The second kappa shape index (κ2) is 6.75. The second-order valence-corrected chi connectivity index (χ2v) is 8.08.